The monoisotopic (exact) mass is 130 g/mol. The third-order valence-corrected chi connectivity index (χ3v) is 0.783. The van der Waals surface area contributed by atoms with Gasteiger partial charge >= 0.3 is 5.97 Å². The van der Waals surface area contributed by atoms with E-state index in [1.165, 1.54) is 7.11 Å². The Kier molecular flexibility index (Phi) is 1.50. The normalized spacial score (nSPS) is 15.4. The molecule has 0 amide bonds. The second-order valence-electron chi connectivity index (χ2n) is 1.31. The smallest absolute Gasteiger partial charge is 0.376 e. The summed E-state index contributed by atoms with van der Waals surface area (Å²) in [5, 5.41) is 3.48. The minimum absolute atomic E-state index is 0.123. The molecule has 1 aliphatic heterocycles. The van der Waals surface area contributed by atoms with Crippen LogP contribution in [0.5, 0.6) is 0 Å². The summed E-state index contributed by atoms with van der Waals surface area (Å²) in [6.45, 7) is 0. The Morgan fingerprint density at radius 1 is 1.78 bits per heavy atom. The number of carbonyl (C=O) groups excluding carboxylic acids is 1. The number of carbonyl (C=O) groups is 1. The number of hydrazone groups is 1. The van der Waals surface area contributed by atoms with E-state index in [2.05, 4.69) is 26.3 Å². The van der Waals surface area contributed by atoms with Gasteiger partial charge in [-0.1, -0.05) is 0 Å². The fourth-order valence-electron chi connectivity index (χ4n) is 0.392. The van der Waals surface area contributed by atoms with E-state index in [0.717, 1.165) is 0 Å². The average Bonchev–Trinajstić information content (AvgIpc) is 2.37. The number of amidine groups is 1. The van der Waals surface area contributed by atoms with Gasteiger partial charge in [0.15, 0.2) is 0 Å². The standard InChI is InChI=1S/C3H6N4O2/c1-9-3(8)2-4-6-7-5-2/h6-7H,1H3,(H,4,5). The lowest BCUT2D eigenvalue weighted by molar-refractivity contribution is -0.132. The van der Waals surface area contributed by atoms with E-state index in [-0.39, 0.29) is 5.84 Å². The van der Waals surface area contributed by atoms with Crippen molar-refractivity contribution in [2.45, 2.75) is 0 Å². The molecular weight excluding hydrogens is 124 g/mol. The molecule has 0 saturated heterocycles. The first-order valence-corrected chi connectivity index (χ1v) is 2.26. The van der Waals surface area contributed by atoms with Crippen molar-refractivity contribution in [1.29, 1.82) is 0 Å². The molecule has 1 aliphatic rings. The average molecular weight is 130 g/mol. The summed E-state index contributed by atoms with van der Waals surface area (Å²) >= 11 is 0. The Labute approximate surface area is 51.2 Å². The molecule has 3 N–H and O–H groups in total. The topological polar surface area (TPSA) is 74.8 Å². The van der Waals surface area contributed by atoms with Gasteiger partial charge in [0.05, 0.1) is 7.11 Å². The molecule has 0 bridgehead atoms. The summed E-state index contributed by atoms with van der Waals surface area (Å²) in [6, 6.07) is 0. The molecule has 0 aromatic carbocycles. The van der Waals surface area contributed by atoms with E-state index in [0.29, 0.717) is 0 Å². The van der Waals surface area contributed by atoms with Crippen LogP contribution < -0.4 is 16.5 Å². The number of nitrogens with zero attached hydrogens (tertiary/aromatic N) is 1. The van der Waals surface area contributed by atoms with Crippen LogP contribution in [0.4, 0.5) is 0 Å². The molecule has 9 heavy (non-hydrogen) atoms. The number of rotatable bonds is 1. The number of hydrogen-bond acceptors (Lipinski definition) is 6. The molecule has 0 saturated carbocycles. The van der Waals surface area contributed by atoms with Crippen LogP contribution in [0.2, 0.25) is 0 Å². The quantitative estimate of drug-likeness (QED) is 0.361. The van der Waals surface area contributed by atoms with Crippen LogP contribution in [-0.2, 0) is 9.53 Å². The molecule has 0 aromatic rings. The van der Waals surface area contributed by atoms with Gasteiger partial charge < -0.3 is 4.74 Å². The van der Waals surface area contributed by atoms with Gasteiger partial charge in [0.1, 0.15) is 0 Å². The third-order valence-electron chi connectivity index (χ3n) is 0.783. The van der Waals surface area contributed by atoms with Crippen molar-refractivity contribution in [2.24, 2.45) is 5.10 Å². The van der Waals surface area contributed by atoms with Crippen molar-refractivity contribution in [3.05, 3.63) is 0 Å². The van der Waals surface area contributed by atoms with E-state index in [1.54, 1.807) is 0 Å². The predicted molar refractivity (Wildman–Crippen MR) is 28.9 cm³/mol. The molecule has 0 unspecified atom stereocenters. The zero-order valence-corrected chi connectivity index (χ0v) is 4.76. The maximum absolute atomic E-state index is 10.5. The zero-order chi connectivity index (χ0) is 6.69. The van der Waals surface area contributed by atoms with Gasteiger partial charge in [-0.2, -0.15) is 0 Å². The lowest BCUT2D eigenvalue weighted by atomic mass is 10.6. The first kappa shape index (κ1) is 5.83. The highest BCUT2D eigenvalue weighted by Crippen LogP contribution is 1.78. The summed E-state index contributed by atoms with van der Waals surface area (Å²) in [7, 11) is 1.28. The molecule has 1 heterocycles. The second-order valence-corrected chi connectivity index (χ2v) is 1.31. The highest BCUT2D eigenvalue weighted by molar-refractivity contribution is 6.35. The third kappa shape index (κ3) is 1.08. The number of esters is 1. The fraction of sp³-hybridized carbons (Fsp3) is 0.333. The number of nitrogens with one attached hydrogen (secondary N) is 3. The van der Waals surface area contributed by atoms with Gasteiger partial charge in [0.25, 0.3) is 0 Å². The Balaban J connectivity index is 2.51. The van der Waals surface area contributed by atoms with Crippen LogP contribution in [0.1, 0.15) is 0 Å². The molecule has 1 rings (SSSR count). The molecule has 6 nitrogen and oxygen atoms in total. The predicted octanol–water partition coefficient (Wildman–Crippen LogP) is -1.91. The van der Waals surface area contributed by atoms with Crippen LogP contribution >= 0.6 is 0 Å². The van der Waals surface area contributed by atoms with Gasteiger partial charge in [-0.15, -0.1) is 10.6 Å². The van der Waals surface area contributed by atoms with Gasteiger partial charge in [0.2, 0.25) is 5.84 Å². The van der Waals surface area contributed by atoms with Crippen LogP contribution in [0.25, 0.3) is 0 Å². The highest BCUT2D eigenvalue weighted by atomic mass is 16.5. The fourth-order valence-corrected chi connectivity index (χ4v) is 0.392. The number of ether oxygens (including phenoxy) is 1. The van der Waals surface area contributed by atoms with E-state index in [9.17, 15) is 4.79 Å². The van der Waals surface area contributed by atoms with Gasteiger partial charge in [-0.25, -0.2) is 10.3 Å². The molecule has 0 aromatic heterocycles. The minimum Gasteiger partial charge on any atom is -0.463 e. The number of methoxy groups -OCH3 is 1. The Hall–Kier alpha value is -1.30. The van der Waals surface area contributed by atoms with Gasteiger partial charge in [0, 0.05) is 0 Å². The second kappa shape index (κ2) is 2.31. The molecule has 0 radical (unpaired) electrons. The van der Waals surface area contributed by atoms with E-state index >= 15 is 0 Å². The SMILES string of the molecule is COC(=O)C1=NNNN1. The van der Waals surface area contributed by atoms with Crippen molar-refractivity contribution >= 4 is 11.8 Å². The molecule has 0 fully saturated rings. The van der Waals surface area contributed by atoms with Crippen LogP contribution in [0.15, 0.2) is 5.10 Å². The lowest BCUT2D eigenvalue weighted by Crippen LogP contribution is -2.38. The molecular formula is C3H6N4O2. The van der Waals surface area contributed by atoms with Crippen molar-refractivity contribution in [1.82, 2.24) is 16.5 Å². The maximum atomic E-state index is 10.5. The highest BCUT2D eigenvalue weighted by Gasteiger charge is 2.13. The summed E-state index contributed by atoms with van der Waals surface area (Å²) in [6.07, 6.45) is 0. The van der Waals surface area contributed by atoms with Crippen LogP contribution in [-0.4, -0.2) is 18.9 Å². The van der Waals surface area contributed by atoms with Crippen molar-refractivity contribution < 1.29 is 9.53 Å². The molecule has 0 spiro atoms. The Morgan fingerprint density at radius 2 is 2.56 bits per heavy atom. The maximum Gasteiger partial charge on any atom is 0.376 e. The zero-order valence-electron chi connectivity index (χ0n) is 4.76. The molecule has 0 aliphatic carbocycles. The molecule has 50 valence electrons. The lowest BCUT2D eigenvalue weighted by Gasteiger charge is -1.94. The van der Waals surface area contributed by atoms with Crippen molar-refractivity contribution in [3.63, 3.8) is 0 Å². The van der Waals surface area contributed by atoms with E-state index in [4.69, 9.17) is 0 Å². The van der Waals surface area contributed by atoms with Gasteiger partial charge in [-0.3, -0.25) is 5.43 Å². The summed E-state index contributed by atoms with van der Waals surface area (Å²) < 4.78 is 4.32. The number of hydrazine groups is 2. The number of hydrogen-bond donors (Lipinski definition) is 3. The minimum atomic E-state index is -0.507. The first-order valence-electron chi connectivity index (χ1n) is 2.26. The van der Waals surface area contributed by atoms with Gasteiger partial charge in [-0.05, 0) is 0 Å². The van der Waals surface area contributed by atoms with Crippen LogP contribution in [0.3, 0.4) is 0 Å². The largest absolute Gasteiger partial charge is 0.463 e. The Morgan fingerprint density at radius 3 is 3.00 bits per heavy atom. The summed E-state index contributed by atoms with van der Waals surface area (Å²) in [5.74, 6) is -0.384. The first-order chi connectivity index (χ1) is 4.34. The summed E-state index contributed by atoms with van der Waals surface area (Å²) in [4.78, 5) is 10.5. The molecule has 0 atom stereocenters. The van der Waals surface area contributed by atoms with E-state index < -0.39 is 5.97 Å². The molecule has 6 heteroatoms. The van der Waals surface area contributed by atoms with E-state index in [1.807, 2.05) is 0 Å². The van der Waals surface area contributed by atoms with Crippen LogP contribution in [0, 0.1) is 0 Å². The van der Waals surface area contributed by atoms with Crippen molar-refractivity contribution in [2.75, 3.05) is 7.11 Å². The summed E-state index contributed by atoms with van der Waals surface area (Å²) in [5.41, 5.74) is 7.12. The van der Waals surface area contributed by atoms with Crippen molar-refractivity contribution in [3.8, 4) is 0 Å². The Bertz CT molecular complexity index is 154.